The molecule has 4 aromatic heterocycles. The number of nitrogens with zero attached hydrogens (tertiary/aromatic N) is 4. The Morgan fingerprint density at radius 1 is 1.12 bits per heavy atom. The monoisotopic (exact) mass is 595 g/mol. The van der Waals surface area contributed by atoms with Crippen LogP contribution >= 0.6 is 0 Å². The number of aromatic nitrogens is 3. The van der Waals surface area contributed by atoms with E-state index in [1.165, 1.54) is 4.90 Å². The second kappa shape index (κ2) is 11.8. The molecule has 1 aliphatic rings. The number of amides is 1. The lowest BCUT2D eigenvalue weighted by atomic mass is 9.99. The van der Waals surface area contributed by atoms with Crippen LogP contribution in [0.25, 0.3) is 16.6 Å². The SMILES string of the molecule is Cc1cc(C)c(CNC(=O)c2cc3c(-c4ccc(N)nc4)ccn3c(C(C)N3CCN(CC(F)(F)F)CC3)c2C)c(=O)[nH]1. The van der Waals surface area contributed by atoms with Crippen molar-refractivity contribution in [3.63, 3.8) is 0 Å². The molecule has 1 unspecified atom stereocenters. The quantitative estimate of drug-likeness (QED) is 0.293. The molecule has 0 saturated carbocycles. The van der Waals surface area contributed by atoms with Gasteiger partial charge in [0.2, 0.25) is 0 Å². The number of aryl methyl sites for hydroxylation is 2. The Morgan fingerprint density at radius 2 is 1.84 bits per heavy atom. The fourth-order valence-corrected chi connectivity index (χ4v) is 6.03. The number of hydrogen-bond acceptors (Lipinski definition) is 6. The first-order chi connectivity index (χ1) is 20.3. The van der Waals surface area contributed by atoms with Crippen molar-refractivity contribution in [2.75, 3.05) is 38.5 Å². The molecule has 1 saturated heterocycles. The van der Waals surface area contributed by atoms with Crippen molar-refractivity contribution in [2.45, 2.75) is 46.5 Å². The molecular weight excluding hydrogens is 559 g/mol. The van der Waals surface area contributed by atoms with Crippen LogP contribution in [0.2, 0.25) is 0 Å². The number of hydrogen-bond donors (Lipinski definition) is 3. The average molecular weight is 596 g/mol. The van der Waals surface area contributed by atoms with Gasteiger partial charge in [-0.25, -0.2) is 4.98 Å². The van der Waals surface area contributed by atoms with Crippen LogP contribution in [0.5, 0.6) is 0 Å². The number of aromatic amines is 1. The van der Waals surface area contributed by atoms with Crippen LogP contribution in [-0.4, -0.2) is 69.0 Å². The summed E-state index contributed by atoms with van der Waals surface area (Å²) in [6.45, 7) is 8.19. The fourth-order valence-electron chi connectivity index (χ4n) is 6.03. The highest BCUT2D eigenvalue weighted by Crippen LogP contribution is 2.34. The number of pyridine rings is 3. The maximum absolute atomic E-state index is 13.7. The third-order valence-corrected chi connectivity index (χ3v) is 8.27. The van der Waals surface area contributed by atoms with E-state index < -0.39 is 12.7 Å². The topological polar surface area (TPSA) is 112 Å². The van der Waals surface area contributed by atoms with Gasteiger partial charge in [-0.15, -0.1) is 0 Å². The summed E-state index contributed by atoms with van der Waals surface area (Å²) in [5.41, 5.74) is 12.1. The molecule has 1 amide bonds. The molecule has 4 aromatic rings. The predicted molar refractivity (Wildman–Crippen MR) is 160 cm³/mol. The van der Waals surface area contributed by atoms with Crippen LogP contribution in [0.4, 0.5) is 19.0 Å². The van der Waals surface area contributed by atoms with Crippen LogP contribution in [0.1, 0.15) is 51.4 Å². The molecule has 12 heteroatoms. The largest absolute Gasteiger partial charge is 0.401 e. The number of anilines is 1. The van der Waals surface area contributed by atoms with Crippen LogP contribution < -0.4 is 16.6 Å². The number of piperazine rings is 1. The molecule has 0 radical (unpaired) electrons. The van der Waals surface area contributed by atoms with E-state index in [9.17, 15) is 22.8 Å². The van der Waals surface area contributed by atoms with E-state index in [4.69, 9.17) is 5.73 Å². The standard InChI is InChI=1S/C31H36F3N7O2/c1-18-13-19(2)38-30(43)25(18)16-37-29(42)24-14-26-23(22-5-6-27(35)36-15-22)7-8-41(26)28(20(24)3)21(4)40-11-9-39(10-12-40)17-31(32,33)34/h5-8,13-15,21H,9-12,16-17H2,1-4H3,(H2,35,36)(H,37,42)(H,38,43). The molecule has 228 valence electrons. The number of H-pyrrole nitrogens is 1. The summed E-state index contributed by atoms with van der Waals surface area (Å²) >= 11 is 0. The van der Waals surface area contributed by atoms with Gasteiger partial charge in [0.05, 0.1) is 12.1 Å². The van der Waals surface area contributed by atoms with E-state index >= 15 is 0 Å². The molecule has 1 aliphatic heterocycles. The molecule has 1 fully saturated rings. The van der Waals surface area contributed by atoms with Crippen molar-refractivity contribution >= 4 is 17.2 Å². The van der Waals surface area contributed by atoms with Crippen LogP contribution in [0, 0.1) is 20.8 Å². The Kier molecular flexibility index (Phi) is 8.35. The number of alkyl halides is 3. The van der Waals surface area contributed by atoms with E-state index in [0.29, 0.717) is 43.1 Å². The van der Waals surface area contributed by atoms with Crippen molar-refractivity contribution in [1.29, 1.82) is 0 Å². The van der Waals surface area contributed by atoms with Crippen molar-refractivity contribution in [3.8, 4) is 11.1 Å². The van der Waals surface area contributed by atoms with Crippen molar-refractivity contribution in [2.24, 2.45) is 0 Å². The second-order valence-corrected chi connectivity index (χ2v) is 11.3. The van der Waals surface area contributed by atoms with Crippen molar-refractivity contribution < 1.29 is 18.0 Å². The van der Waals surface area contributed by atoms with Gasteiger partial charge in [-0.05, 0) is 69.2 Å². The van der Waals surface area contributed by atoms with E-state index in [1.807, 2.05) is 55.6 Å². The normalized spacial score (nSPS) is 15.6. The number of nitrogen functional groups attached to an aromatic ring is 1. The molecule has 1 atom stereocenters. The zero-order valence-corrected chi connectivity index (χ0v) is 24.7. The van der Waals surface area contributed by atoms with Gasteiger partial charge in [0.1, 0.15) is 5.82 Å². The van der Waals surface area contributed by atoms with Crippen molar-refractivity contribution in [1.82, 2.24) is 29.5 Å². The highest BCUT2D eigenvalue weighted by atomic mass is 19.4. The highest BCUT2D eigenvalue weighted by molar-refractivity contribution is 5.98. The molecule has 43 heavy (non-hydrogen) atoms. The van der Waals surface area contributed by atoms with Crippen molar-refractivity contribution in [3.05, 3.63) is 86.7 Å². The zero-order valence-electron chi connectivity index (χ0n) is 24.7. The van der Waals surface area contributed by atoms with Gasteiger partial charge in [-0.3, -0.25) is 19.4 Å². The van der Waals surface area contributed by atoms with E-state index in [0.717, 1.165) is 39.2 Å². The van der Waals surface area contributed by atoms with E-state index in [-0.39, 0.29) is 24.1 Å². The van der Waals surface area contributed by atoms with Gasteiger partial charge >= 0.3 is 6.18 Å². The summed E-state index contributed by atoms with van der Waals surface area (Å²) in [4.78, 5) is 36.9. The molecule has 0 aromatic carbocycles. The van der Waals surface area contributed by atoms with Crippen LogP contribution in [-0.2, 0) is 6.54 Å². The third-order valence-electron chi connectivity index (χ3n) is 8.27. The number of halogens is 3. The van der Waals surface area contributed by atoms with Gasteiger partial charge in [-0.1, -0.05) is 0 Å². The summed E-state index contributed by atoms with van der Waals surface area (Å²) in [7, 11) is 0. The Bertz CT molecular complexity index is 1700. The summed E-state index contributed by atoms with van der Waals surface area (Å²) in [5, 5.41) is 2.93. The average Bonchev–Trinajstić information content (AvgIpc) is 3.35. The second-order valence-electron chi connectivity index (χ2n) is 11.3. The first kappa shape index (κ1) is 30.3. The highest BCUT2D eigenvalue weighted by Gasteiger charge is 2.34. The molecule has 5 rings (SSSR count). The summed E-state index contributed by atoms with van der Waals surface area (Å²) in [6, 6.07) is 9.03. The van der Waals surface area contributed by atoms with Gasteiger partial charge in [0.25, 0.3) is 11.5 Å². The molecular formula is C31H36F3N7O2. The summed E-state index contributed by atoms with van der Waals surface area (Å²) < 4.78 is 41.0. The number of fused-ring (bicyclic) bond motifs is 1. The Hall–Kier alpha value is -4.16. The first-order valence-electron chi connectivity index (χ1n) is 14.2. The van der Waals surface area contributed by atoms with E-state index in [2.05, 4.69) is 20.2 Å². The first-order valence-corrected chi connectivity index (χ1v) is 14.2. The minimum Gasteiger partial charge on any atom is -0.384 e. The summed E-state index contributed by atoms with van der Waals surface area (Å²) in [5.74, 6) is 0.0638. The zero-order chi connectivity index (χ0) is 31.1. The van der Waals surface area contributed by atoms with Crippen LogP contribution in [0.3, 0.4) is 0 Å². The van der Waals surface area contributed by atoms with Gasteiger partial charge in [0, 0.05) is 84.8 Å². The number of nitrogens with one attached hydrogen (secondary N) is 2. The molecule has 0 spiro atoms. The van der Waals surface area contributed by atoms with Gasteiger partial charge in [0.15, 0.2) is 0 Å². The lowest BCUT2D eigenvalue weighted by molar-refractivity contribution is -0.149. The third kappa shape index (κ3) is 6.45. The maximum Gasteiger partial charge on any atom is 0.401 e. The minimum atomic E-state index is -4.24. The van der Waals surface area contributed by atoms with Crippen LogP contribution in [0.15, 0.2) is 47.5 Å². The number of carbonyl (C=O) groups excluding carboxylic acids is 1. The fraction of sp³-hybridized carbons (Fsp3) is 0.387. The lowest BCUT2D eigenvalue weighted by Gasteiger charge is -2.39. The minimum absolute atomic E-state index is 0.0622. The number of carbonyl (C=O) groups is 1. The lowest BCUT2D eigenvalue weighted by Crippen LogP contribution is -2.49. The smallest absolute Gasteiger partial charge is 0.384 e. The Balaban J connectivity index is 1.52. The van der Waals surface area contributed by atoms with E-state index in [1.54, 1.807) is 19.2 Å². The molecule has 9 nitrogen and oxygen atoms in total. The molecule has 4 N–H and O–H groups in total. The number of nitrogens with two attached hydrogens (primary N) is 1. The Labute approximate surface area is 247 Å². The predicted octanol–water partition coefficient (Wildman–Crippen LogP) is 4.37. The maximum atomic E-state index is 13.7. The Morgan fingerprint density at radius 3 is 2.47 bits per heavy atom. The molecule has 0 bridgehead atoms. The number of rotatable bonds is 7. The molecule has 0 aliphatic carbocycles. The van der Waals surface area contributed by atoms with Gasteiger partial charge < -0.3 is 20.4 Å². The molecule has 5 heterocycles. The summed E-state index contributed by atoms with van der Waals surface area (Å²) in [6.07, 6.45) is -0.616. The van der Waals surface area contributed by atoms with Gasteiger partial charge in [-0.2, -0.15) is 13.2 Å².